The minimum atomic E-state index is -0.468. The molecule has 0 radical (unpaired) electrons. The number of rotatable bonds is 10. The van der Waals surface area contributed by atoms with Crippen molar-refractivity contribution in [3.63, 3.8) is 0 Å². The van der Waals surface area contributed by atoms with Gasteiger partial charge in [-0.3, -0.25) is 14.4 Å². The lowest BCUT2D eigenvalue weighted by molar-refractivity contribution is -0.138. The van der Waals surface area contributed by atoms with Gasteiger partial charge < -0.3 is 34.6 Å². The van der Waals surface area contributed by atoms with Gasteiger partial charge in [-0.1, -0.05) is 26.2 Å². The summed E-state index contributed by atoms with van der Waals surface area (Å²) in [7, 11) is 5.81. The minimum Gasteiger partial charge on any atom is -0.490 e. The van der Waals surface area contributed by atoms with Gasteiger partial charge in [0, 0.05) is 50.7 Å². The summed E-state index contributed by atoms with van der Waals surface area (Å²) in [6.07, 6.45) is 8.53. The van der Waals surface area contributed by atoms with Gasteiger partial charge in [-0.25, -0.2) is 0 Å². The zero-order chi connectivity index (χ0) is 32.9. The van der Waals surface area contributed by atoms with Crippen LogP contribution in [-0.4, -0.2) is 110 Å². The maximum Gasteiger partial charge on any atom is 0.258 e. The van der Waals surface area contributed by atoms with Crippen LogP contribution in [0.2, 0.25) is 0 Å². The summed E-state index contributed by atoms with van der Waals surface area (Å²) in [5.74, 6) is 0.208. The van der Waals surface area contributed by atoms with E-state index in [1.807, 2.05) is 51.7 Å². The van der Waals surface area contributed by atoms with Crippen molar-refractivity contribution in [3.8, 4) is 5.75 Å². The molecule has 0 saturated heterocycles. The number of aliphatic hydroxyl groups excluding tert-OH is 1. The smallest absolute Gasteiger partial charge is 0.258 e. The first-order chi connectivity index (χ1) is 21.5. The number of carbonyl (C=O) groups excluding carboxylic acids is 3. The molecule has 1 saturated carbocycles. The molecule has 10 nitrogen and oxygen atoms in total. The van der Waals surface area contributed by atoms with E-state index in [-0.39, 0.29) is 48.4 Å². The first-order valence-electron chi connectivity index (χ1n) is 17.0. The lowest BCUT2D eigenvalue weighted by atomic mass is 9.88. The Morgan fingerprint density at radius 3 is 2.47 bits per heavy atom. The Labute approximate surface area is 270 Å². The van der Waals surface area contributed by atoms with Crippen LogP contribution in [0.4, 0.5) is 5.69 Å². The third kappa shape index (κ3) is 11.6. The van der Waals surface area contributed by atoms with Crippen LogP contribution < -0.4 is 10.1 Å². The highest BCUT2D eigenvalue weighted by Gasteiger charge is 2.32. The molecule has 254 valence electrons. The van der Waals surface area contributed by atoms with Gasteiger partial charge >= 0.3 is 0 Å². The Balaban J connectivity index is 1.87. The van der Waals surface area contributed by atoms with E-state index in [4.69, 9.17) is 9.47 Å². The molecule has 4 atom stereocenters. The molecule has 1 heterocycles. The average molecular weight is 631 g/mol. The number of fused-ring (bicyclic) bond motifs is 1. The van der Waals surface area contributed by atoms with E-state index in [9.17, 15) is 19.5 Å². The molecule has 0 bridgehead atoms. The Morgan fingerprint density at radius 2 is 1.78 bits per heavy atom. The summed E-state index contributed by atoms with van der Waals surface area (Å²) in [6.45, 7) is 7.80. The molecule has 10 heteroatoms. The summed E-state index contributed by atoms with van der Waals surface area (Å²) in [4.78, 5) is 45.8. The van der Waals surface area contributed by atoms with Crippen LogP contribution in [0.5, 0.6) is 5.75 Å². The van der Waals surface area contributed by atoms with E-state index in [1.165, 1.54) is 6.42 Å². The van der Waals surface area contributed by atoms with Gasteiger partial charge in [-0.15, -0.1) is 0 Å². The molecule has 0 aromatic heterocycles. The normalized spacial score (nSPS) is 23.1. The molecule has 3 amide bonds. The molecule has 0 spiro atoms. The number of aliphatic hydroxyl groups is 1. The Kier molecular flexibility index (Phi) is 15.1. The number of likely N-dealkylation sites (N-methyl/N-ethyl adjacent to an activating group) is 1. The number of nitrogens with zero attached hydrogens (tertiary/aromatic N) is 3. The second-order valence-corrected chi connectivity index (χ2v) is 13.5. The van der Waals surface area contributed by atoms with E-state index in [0.29, 0.717) is 43.1 Å². The van der Waals surface area contributed by atoms with E-state index < -0.39 is 6.04 Å². The second-order valence-electron chi connectivity index (χ2n) is 13.5. The lowest BCUT2D eigenvalue weighted by Crippen LogP contribution is -2.48. The van der Waals surface area contributed by atoms with Crippen molar-refractivity contribution in [2.45, 2.75) is 103 Å². The number of hydrogen-bond acceptors (Lipinski definition) is 7. The molecular formula is C35H58N4O6. The molecule has 1 fully saturated rings. The van der Waals surface area contributed by atoms with Gasteiger partial charge in [0.1, 0.15) is 5.75 Å². The lowest BCUT2D eigenvalue weighted by Gasteiger charge is -2.36. The minimum absolute atomic E-state index is 0.0747. The van der Waals surface area contributed by atoms with Gasteiger partial charge in [-0.05, 0) is 91.2 Å². The topological polar surface area (TPSA) is 112 Å². The maximum atomic E-state index is 14.3. The first-order valence-corrected chi connectivity index (χ1v) is 17.0. The van der Waals surface area contributed by atoms with Gasteiger partial charge in [0.25, 0.3) is 5.91 Å². The van der Waals surface area contributed by atoms with Crippen molar-refractivity contribution in [3.05, 3.63) is 23.8 Å². The molecule has 1 aromatic carbocycles. The van der Waals surface area contributed by atoms with Crippen LogP contribution in [0.25, 0.3) is 0 Å². The van der Waals surface area contributed by atoms with Crippen molar-refractivity contribution in [2.75, 3.05) is 59.3 Å². The number of ether oxygens (including phenoxy) is 2. The molecule has 2 aliphatic rings. The summed E-state index contributed by atoms with van der Waals surface area (Å²) >= 11 is 0. The third-order valence-electron chi connectivity index (χ3n) is 9.13. The molecule has 1 aromatic rings. The van der Waals surface area contributed by atoms with Gasteiger partial charge in [0.15, 0.2) is 0 Å². The molecule has 3 rings (SSSR count). The van der Waals surface area contributed by atoms with Crippen LogP contribution in [0.15, 0.2) is 18.2 Å². The summed E-state index contributed by atoms with van der Waals surface area (Å²) in [6, 6.07) is 4.75. The zero-order valence-electron chi connectivity index (χ0n) is 28.6. The maximum absolute atomic E-state index is 14.3. The Hall–Kier alpha value is -2.69. The van der Waals surface area contributed by atoms with Crippen molar-refractivity contribution in [1.29, 1.82) is 0 Å². The van der Waals surface area contributed by atoms with Gasteiger partial charge in [-0.2, -0.15) is 0 Å². The quantitative estimate of drug-likeness (QED) is 0.382. The standard InChI is InChI=1S/C35H58N4O6/c1-25-22-39(26(2)24-40)35(43)30-21-29(36-33(41)16-12-19-37(4)5)17-18-31(30)45-27(3)13-10-11-20-44-32(25)23-38(6)34(42)28-14-8-7-9-15-28/h17-18,21,25-28,32,40H,7-16,19-20,22-24H2,1-6H3,(H,36,41)/t25-,26-,27-,32+/m1/s1. The predicted molar refractivity (Wildman–Crippen MR) is 178 cm³/mol. The highest BCUT2D eigenvalue weighted by Crippen LogP contribution is 2.29. The summed E-state index contributed by atoms with van der Waals surface area (Å²) in [5, 5.41) is 13.2. The molecule has 1 aliphatic carbocycles. The second kappa shape index (κ2) is 18.5. The molecule has 1 aliphatic heterocycles. The van der Waals surface area contributed by atoms with E-state index in [2.05, 4.69) is 5.32 Å². The van der Waals surface area contributed by atoms with Crippen molar-refractivity contribution in [2.24, 2.45) is 11.8 Å². The van der Waals surface area contributed by atoms with E-state index >= 15 is 0 Å². The van der Waals surface area contributed by atoms with Gasteiger partial charge in [0.05, 0.1) is 30.4 Å². The van der Waals surface area contributed by atoms with Crippen LogP contribution in [-0.2, 0) is 14.3 Å². The number of nitrogens with one attached hydrogen (secondary N) is 1. The number of hydrogen-bond donors (Lipinski definition) is 2. The van der Waals surface area contributed by atoms with Crippen LogP contribution in [0.3, 0.4) is 0 Å². The van der Waals surface area contributed by atoms with Gasteiger partial charge in [0.2, 0.25) is 11.8 Å². The Bertz CT molecular complexity index is 1090. The number of anilines is 1. The fourth-order valence-electron chi connectivity index (χ4n) is 6.26. The number of carbonyl (C=O) groups is 3. The highest BCUT2D eigenvalue weighted by molar-refractivity contribution is 5.99. The van der Waals surface area contributed by atoms with Crippen molar-refractivity contribution >= 4 is 23.4 Å². The van der Waals surface area contributed by atoms with Crippen LogP contribution >= 0.6 is 0 Å². The summed E-state index contributed by atoms with van der Waals surface area (Å²) in [5.41, 5.74) is 0.877. The van der Waals surface area contributed by atoms with Crippen molar-refractivity contribution in [1.82, 2.24) is 14.7 Å². The van der Waals surface area contributed by atoms with Crippen LogP contribution in [0, 0.1) is 11.8 Å². The average Bonchev–Trinajstić information content (AvgIpc) is 3.02. The number of benzene rings is 1. The van der Waals surface area contributed by atoms with E-state index in [1.54, 1.807) is 23.1 Å². The highest BCUT2D eigenvalue weighted by atomic mass is 16.5. The zero-order valence-corrected chi connectivity index (χ0v) is 28.6. The first kappa shape index (κ1) is 36.8. The Morgan fingerprint density at radius 1 is 1.07 bits per heavy atom. The third-order valence-corrected chi connectivity index (χ3v) is 9.13. The fraction of sp³-hybridized carbons (Fsp3) is 0.743. The fourth-order valence-corrected chi connectivity index (χ4v) is 6.26. The summed E-state index contributed by atoms with van der Waals surface area (Å²) < 4.78 is 12.7. The largest absolute Gasteiger partial charge is 0.490 e. The molecular weight excluding hydrogens is 572 g/mol. The number of amides is 3. The molecule has 2 N–H and O–H groups in total. The molecule has 45 heavy (non-hydrogen) atoms. The predicted octanol–water partition coefficient (Wildman–Crippen LogP) is 4.80. The van der Waals surface area contributed by atoms with E-state index in [0.717, 1.165) is 57.9 Å². The monoisotopic (exact) mass is 630 g/mol. The SMILES string of the molecule is C[C@@H]1CCCCO[C@@H](CN(C)C(=O)C2CCCCC2)[C@H](C)CN([C@H](C)CO)C(=O)c2cc(NC(=O)CCCN(C)C)ccc2O1. The van der Waals surface area contributed by atoms with Crippen molar-refractivity contribution < 1.29 is 29.0 Å². The van der Waals surface area contributed by atoms with Crippen LogP contribution in [0.1, 0.15) is 95.3 Å². The molecule has 0 unspecified atom stereocenters.